The zero-order chi connectivity index (χ0) is 19.0. The van der Waals surface area contributed by atoms with Gasteiger partial charge in [-0.2, -0.15) is 8.42 Å². The Hall–Kier alpha value is -2.75. The number of carbonyl (C=O) groups is 1. The molecule has 142 valence electrons. The lowest BCUT2D eigenvalue weighted by molar-refractivity contribution is 0.0436. The van der Waals surface area contributed by atoms with E-state index in [1.807, 2.05) is 4.90 Å². The van der Waals surface area contributed by atoms with Gasteiger partial charge >= 0.3 is 5.97 Å². The summed E-state index contributed by atoms with van der Waals surface area (Å²) in [6, 6.07) is 4.52. The van der Waals surface area contributed by atoms with Crippen LogP contribution in [0.2, 0.25) is 0 Å². The first-order valence-corrected chi connectivity index (χ1v) is 10.1. The predicted octanol–water partition coefficient (Wildman–Crippen LogP) is 2.22. The van der Waals surface area contributed by atoms with Crippen LogP contribution in [0.3, 0.4) is 0 Å². The van der Waals surface area contributed by atoms with Crippen LogP contribution in [0.5, 0.6) is 0 Å². The minimum absolute atomic E-state index is 0.0243. The molecule has 0 spiro atoms. The first kappa shape index (κ1) is 17.7. The van der Waals surface area contributed by atoms with E-state index >= 15 is 0 Å². The first-order valence-electron chi connectivity index (χ1n) is 8.65. The maximum atomic E-state index is 12.6. The van der Waals surface area contributed by atoms with Gasteiger partial charge in [0.1, 0.15) is 10.7 Å². The summed E-state index contributed by atoms with van der Waals surface area (Å²) in [6.45, 7) is 2.16. The maximum absolute atomic E-state index is 12.6. The van der Waals surface area contributed by atoms with E-state index in [-0.39, 0.29) is 23.0 Å². The van der Waals surface area contributed by atoms with Gasteiger partial charge in [0.2, 0.25) is 5.89 Å². The van der Waals surface area contributed by atoms with Crippen LogP contribution in [-0.2, 0) is 21.4 Å². The van der Waals surface area contributed by atoms with Crippen LogP contribution in [0, 0.1) is 6.92 Å². The molecule has 2 aliphatic heterocycles. The Balaban J connectivity index is 1.61. The molecule has 0 amide bonds. The third-order valence-electron chi connectivity index (χ3n) is 4.48. The van der Waals surface area contributed by atoms with Gasteiger partial charge in [-0.3, -0.25) is 0 Å². The van der Waals surface area contributed by atoms with Crippen molar-refractivity contribution in [2.45, 2.75) is 44.1 Å². The molecule has 1 fully saturated rings. The van der Waals surface area contributed by atoms with Crippen molar-refractivity contribution in [3.63, 3.8) is 0 Å². The minimum Gasteiger partial charge on any atom is -0.452 e. The molecule has 1 aromatic heterocycles. The zero-order valence-corrected chi connectivity index (χ0v) is 15.5. The number of anilines is 1. The number of nitrogens with zero attached hydrogens (tertiary/aromatic N) is 4. The highest BCUT2D eigenvalue weighted by Crippen LogP contribution is 2.35. The standard InChI is InChI=1S/C17H18N4O5S/c1-11-18-19-16(26-11)10-25-17(22)12-6-7-13-14(9-12)27(23,24)20-15-5-3-2-4-8-21(13)15/h6-7,9H,2-5,8,10H2,1H3. The Bertz CT molecular complexity index is 1030. The fourth-order valence-corrected chi connectivity index (χ4v) is 4.50. The fraction of sp³-hybridized carbons (Fsp3) is 0.412. The number of esters is 1. The number of fused-ring (bicyclic) bond motifs is 3. The number of sulfonamides is 1. The van der Waals surface area contributed by atoms with Gasteiger partial charge in [-0.1, -0.05) is 6.42 Å². The molecule has 1 aromatic carbocycles. The SMILES string of the molecule is Cc1nnc(COC(=O)c2ccc3c(c2)S(=O)(=O)N=C2CCCCCN23)o1. The van der Waals surface area contributed by atoms with Crippen molar-refractivity contribution in [3.8, 4) is 0 Å². The number of ether oxygens (including phenoxy) is 1. The summed E-state index contributed by atoms with van der Waals surface area (Å²) in [5.41, 5.74) is 0.688. The summed E-state index contributed by atoms with van der Waals surface area (Å²) in [7, 11) is -3.85. The second kappa shape index (κ2) is 6.76. The summed E-state index contributed by atoms with van der Waals surface area (Å²) in [6.07, 6.45) is 3.54. The molecule has 0 N–H and O–H groups in total. The van der Waals surface area contributed by atoms with E-state index in [1.165, 1.54) is 6.07 Å². The van der Waals surface area contributed by atoms with Gasteiger partial charge in [-0.25, -0.2) is 4.79 Å². The van der Waals surface area contributed by atoms with E-state index in [9.17, 15) is 13.2 Å². The van der Waals surface area contributed by atoms with Crippen molar-refractivity contribution in [2.24, 2.45) is 4.40 Å². The molecule has 0 aliphatic carbocycles. The number of rotatable bonds is 3. The van der Waals surface area contributed by atoms with Gasteiger partial charge < -0.3 is 14.1 Å². The second-order valence-electron chi connectivity index (χ2n) is 6.42. The minimum atomic E-state index is -3.85. The average Bonchev–Trinajstić information content (AvgIpc) is 2.92. The van der Waals surface area contributed by atoms with Crippen LogP contribution in [0.4, 0.5) is 5.69 Å². The lowest BCUT2D eigenvalue weighted by Crippen LogP contribution is -2.35. The highest BCUT2D eigenvalue weighted by molar-refractivity contribution is 7.90. The first-order chi connectivity index (χ1) is 12.9. The van der Waals surface area contributed by atoms with Crippen LogP contribution in [-0.4, -0.2) is 37.0 Å². The average molecular weight is 390 g/mol. The Morgan fingerprint density at radius 2 is 2.11 bits per heavy atom. The normalized spacial score (nSPS) is 18.1. The molecule has 0 unspecified atom stereocenters. The number of hydrogen-bond acceptors (Lipinski definition) is 8. The predicted molar refractivity (Wildman–Crippen MR) is 95.0 cm³/mol. The van der Waals surface area contributed by atoms with E-state index in [1.54, 1.807) is 19.1 Å². The molecule has 1 saturated heterocycles. The van der Waals surface area contributed by atoms with Crippen molar-refractivity contribution in [1.29, 1.82) is 0 Å². The quantitative estimate of drug-likeness (QED) is 0.733. The van der Waals surface area contributed by atoms with E-state index in [0.29, 0.717) is 30.4 Å². The van der Waals surface area contributed by atoms with Crippen molar-refractivity contribution >= 4 is 27.5 Å². The van der Waals surface area contributed by atoms with Gasteiger partial charge in [0.15, 0.2) is 6.61 Å². The van der Waals surface area contributed by atoms with Gasteiger partial charge in [0.05, 0.1) is 11.3 Å². The van der Waals surface area contributed by atoms with Gasteiger partial charge in [-0.05, 0) is 31.0 Å². The molecule has 0 atom stereocenters. The largest absolute Gasteiger partial charge is 0.452 e. The number of carbonyl (C=O) groups excluding carboxylic acids is 1. The molecular weight excluding hydrogens is 372 g/mol. The molecule has 9 nitrogen and oxygen atoms in total. The molecule has 27 heavy (non-hydrogen) atoms. The molecule has 10 heteroatoms. The maximum Gasteiger partial charge on any atom is 0.338 e. The molecule has 2 aliphatic rings. The zero-order valence-electron chi connectivity index (χ0n) is 14.7. The molecule has 2 aromatic rings. The van der Waals surface area contributed by atoms with Crippen molar-refractivity contribution in [3.05, 3.63) is 35.5 Å². The Morgan fingerprint density at radius 1 is 1.26 bits per heavy atom. The summed E-state index contributed by atoms with van der Waals surface area (Å²) in [5.74, 6) is 0.439. The lowest BCUT2D eigenvalue weighted by atomic mass is 10.2. The Kier molecular flexibility index (Phi) is 4.42. The number of benzene rings is 1. The van der Waals surface area contributed by atoms with Gasteiger partial charge in [0.25, 0.3) is 15.9 Å². The van der Waals surface area contributed by atoms with E-state index < -0.39 is 16.0 Å². The Labute approximate surface area is 156 Å². The molecule has 4 rings (SSSR count). The fourth-order valence-electron chi connectivity index (χ4n) is 3.21. The topological polar surface area (TPSA) is 115 Å². The lowest BCUT2D eigenvalue weighted by Gasteiger charge is -2.29. The van der Waals surface area contributed by atoms with E-state index in [2.05, 4.69) is 14.6 Å². The van der Waals surface area contributed by atoms with Crippen LogP contribution < -0.4 is 4.90 Å². The van der Waals surface area contributed by atoms with Crippen LogP contribution in [0.1, 0.15) is 47.8 Å². The van der Waals surface area contributed by atoms with E-state index in [4.69, 9.17) is 9.15 Å². The molecule has 0 bridgehead atoms. The van der Waals surface area contributed by atoms with Crippen LogP contribution in [0.15, 0.2) is 31.9 Å². The highest BCUT2D eigenvalue weighted by atomic mass is 32.2. The van der Waals surface area contributed by atoms with Crippen molar-refractivity contribution in [2.75, 3.05) is 11.4 Å². The van der Waals surface area contributed by atoms with Crippen LogP contribution >= 0.6 is 0 Å². The molecular formula is C17H18N4O5S. The molecule has 0 saturated carbocycles. The number of hydrogen-bond donors (Lipinski definition) is 0. The van der Waals surface area contributed by atoms with Crippen molar-refractivity contribution < 1.29 is 22.4 Å². The van der Waals surface area contributed by atoms with Crippen LogP contribution in [0.25, 0.3) is 0 Å². The second-order valence-corrected chi connectivity index (χ2v) is 7.99. The van der Waals surface area contributed by atoms with Crippen molar-refractivity contribution in [1.82, 2.24) is 10.2 Å². The third-order valence-corrected chi connectivity index (χ3v) is 5.81. The monoisotopic (exact) mass is 390 g/mol. The number of aryl methyl sites for hydroxylation is 1. The third kappa shape index (κ3) is 3.44. The van der Waals surface area contributed by atoms with Gasteiger partial charge in [0, 0.05) is 19.9 Å². The van der Waals surface area contributed by atoms with E-state index in [0.717, 1.165) is 19.3 Å². The molecule has 0 radical (unpaired) electrons. The molecule has 3 heterocycles. The number of aromatic nitrogens is 2. The smallest absolute Gasteiger partial charge is 0.338 e. The summed E-state index contributed by atoms with van der Waals surface area (Å²) in [4.78, 5) is 14.3. The summed E-state index contributed by atoms with van der Waals surface area (Å²) >= 11 is 0. The number of amidine groups is 1. The summed E-state index contributed by atoms with van der Waals surface area (Å²) in [5, 5.41) is 7.40. The summed E-state index contributed by atoms with van der Waals surface area (Å²) < 4.78 is 39.4. The Morgan fingerprint density at radius 3 is 2.89 bits per heavy atom. The highest BCUT2D eigenvalue weighted by Gasteiger charge is 2.32. The van der Waals surface area contributed by atoms with Gasteiger partial charge in [-0.15, -0.1) is 14.6 Å².